The Hall–Kier alpha value is -1.88. The second kappa shape index (κ2) is 5.84. The van der Waals surface area contributed by atoms with Gasteiger partial charge in [0.2, 0.25) is 0 Å². The van der Waals surface area contributed by atoms with Gasteiger partial charge in [-0.05, 0) is 36.8 Å². The number of benzene rings is 2. The third kappa shape index (κ3) is 3.54. The summed E-state index contributed by atoms with van der Waals surface area (Å²) in [6.07, 6.45) is 0. The SMILES string of the molecule is C[C@H](Nc1ccc([N+](=O)[O-])cc1)c1ccc(Br)cc1. The molecular weight excluding hydrogens is 308 g/mol. The highest BCUT2D eigenvalue weighted by atomic mass is 79.9. The molecule has 0 unspecified atom stereocenters. The van der Waals surface area contributed by atoms with Crippen LogP contribution >= 0.6 is 15.9 Å². The zero-order valence-electron chi connectivity index (χ0n) is 10.3. The average molecular weight is 321 g/mol. The molecule has 0 aliphatic carbocycles. The molecule has 0 bridgehead atoms. The maximum absolute atomic E-state index is 10.6. The maximum atomic E-state index is 10.6. The van der Waals surface area contributed by atoms with E-state index in [0.717, 1.165) is 15.7 Å². The van der Waals surface area contributed by atoms with E-state index in [2.05, 4.69) is 21.2 Å². The van der Waals surface area contributed by atoms with E-state index in [1.54, 1.807) is 12.1 Å². The predicted octanol–water partition coefficient (Wildman–Crippen LogP) is 4.53. The van der Waals surface area contributed by atoms with Gasteiger partial charge in [0, 0.05) is 28.3 Å². The number of halogens is 1. The van der Waals surface area contributed by atoms with Crippen LogP contribution in [0.3, 0.4) is 0 Å². The first-order chi connectivity index (χ1) is 9.06. The van der Waals surface area contributed by atoms with E-state index in [9.17, 15) is 10.1 Å². The van der Waals surface area contributed by atoms with Gasteiger partial charge in [-0.15, -0.1) is 0 Å². The molecular formula is C14H13BrN2O2. The van der Waals surface area contributed by atoms with Crippen LogP contribution in [0.4, 0.5) is 11.4 Å². The topological polar surface area (TPSA) is 55.2 Å². The third-order valence-electron chi connectivity index (χ3n) is 2.83. The molecule has 0 saturated carbocycles. The first kappa shape index (κ1) is 13.5. The summed E-state index contributed by atoms with van der Waals surface area (Å²) >= 11 is 3.40. The molecule has 0 aromatic heterocycles. The Morgan fingerprint density at radius 2 is 1.68 bits per heavy atom. The van der Waals surface area contributed by atoms with Crippen molar-refractivity contribution in [2.75, 3.05) is 5.32 Å². The van der Waals surface area contributed by atoms with Gasteiger partial charge in [-0.3, -0.25) is 10.1 Å². The Balaban J connectivity index is 2.08. The zero-order chi connectivity index (χ0) is 13.8. The maximum Gasteiger partial charge on any atom is 0.269 e. The summed E-state index contributed by atoms with van der Waals surface area (Å²) in [6.45, 7) is 2.05. The molecule has 19 heavy (non-hydrogen) atoms. The van der Waals surface area contributed by atoms with Gasteiger partial charge in [0.15, 0.2) is 0 Å². The highest BCUT2D eigenvalue weighted by Gasteiger charge is 2.07. The molecule has 0 saturated heterocycles. The Labute approximate surface area is 119 Å². The summed E-state index contributed by atoms with van der Waals surface area (Å²) in [4.78, 5) is 10.2. The summed E-state index contributed by atoms with van der Waals surface area (Å²) in [5, 5.41) is 13.9. The number of nitrogens with one attached hydrogen (secondary N) is 1. The Bertz CT molecular complexity index is 567. The van der Waals surface area contributed by atoms with Gasteiger partial charge < -0.3 is 5.32 Å². The standard InChI is InChI=1S/C14H13BrN2O2/c1-10(11-2-4-12(15)5-3-11)16-13-6-8-14(9-7-13)17(18)19/h2-10,16H,1H3/t10-/m0/s1. The van der Waals surface area contributed by atoms with Crippen molar-refractivity contribution in [3.8, 4) is 0 Å². The molecule has 2 rings (SSSR count). The Kier molecular flexibility index (Phi) is 4.16. The number of hydrogen-bond acceptors (Lipinski definition) is 3. The van der Waals surface area contributed by atoms with Crippen LogP contribution in [0.15, 0.2) is 53.0 Å². The number of nitro benzene ring substituents is 1. The lowest BCUT2D eigenvalue weighted by Crippen LogP contribution is -2.06. The summed E-state index contributed by atoms with van der Waals surface area (Å²) in [5.74, 6) is 0. The lowest BCUT2D eigenvalue weighted by Gasteiger charge is -2.15. The first-order valence-corrected chi connectivity index (χ1v) is 6.62. The van der Waals surface area contributed by atoms with Crippen molar-refractivity contribution in [1.29, 1.82) is 0 Å². The lowest BCUT2D eigenvalue weighted by molar-refractivity contribution is -0.384. The van der Waals surface area contributed by atoms with Crippen molar-refractivity contribution < 1.29 is 4.92 Å². The molecule has 0 amide bonds. The molecule has 0 aliphatic heterocycles. The number of rotatable bonds is 4. The van der Waals surface area contributed by atoms with E-state index < -0.39 is 4.92 Å². The van der Waals surface area contributed by atoms with Gasteiger partial charge in [-0.1, -0.05) is 28.1 Å². The van der Waals surface area contributed by atoms with Gasteiger partial charge in [-0.2, -0.15) is 0 Å². The number of anilines is 1. The van der Waals surface area contributed by atoms with Gasteiger partial charge in [-0.25, -0.2) is 0 Å². The minimum atomic E-state index is -0.401. The normalized spacial score (nSPS) is 11.9. The largest absolute Gasteiger partial charge is 0.379 e. The van der Waals surface area contributed by atoms with Crippen LogP contribution in [0.1, 0.15) is 18.5 Å². The minimum absolute atomic E-state index is 0.0989. The molecule has 2 aromatic carbocycles. The van der Waals surface area contributed by atoms with E-state index in [0.29, 0.717) is 0 Å². The molecule has 0 spiro atoms. The van der Waals surface area contributed by atoms with Crippen LogP contribution in [0.25, 0.3) is 0 Å². The van der Waals surface area contributed by atoms with Crippen molar-refractivity contribution in [2.24, 2.45) is 0 Å². The van der Waals surface area contributed by atoms with Crippen LogP contribution in [-0.4, -0.2) is 4.92 Å². The molecule has 98 valence electrons. The third-order valence-corrected chi connectivity index (χ3v) is 3.36. The Morgan fingerprint density at radius 1 is 1.11 bits per heavy atom. The molecule has 5 heteroatoms. The first-order valence-electron chi connectivity index (χ1n) is 5.83. The lowest BCUT2D eigenvalue weighted by atomic mass is 10.1. The smallest absolute Gasteiger partial charge is 0.269 e. The van der Waals surface area contributed by atoms with Gasteiger partial charge in [0.25, 0.3) is 5.69 Å². The molecule has 0 fully saturated rings. The van der Waals surface area contributed by atoms with E-state index in [1.165, 1.54) is 12.1 Å². The van der Waals surface area contributed by atoms with Gasteiger partial charge in [0.1, 0.15) is 0 Å². The van der Waals surface area contributed by atoms with Crippen LogP contribution in [0.5, 0.6) is 0 Å². The van der Waals surface area contributed by atoms with Crippen molar-refractivity contribution in [3.63, 3.8) is 0 Å². The highest BCUT2D eigenvalue weighted by Crippen LogP contribution is 2.22. The number of nitro groups is 1. The molecule has 0 aliphatic rings. The van der Waals surface area contributed by atoms with Crippen molar-refractivity contribution in [1.82, 2.24) is 0 Å². The molecule has 1 N–H and O–H groups in total. The van der Waals surface area contributed by atoms with Crippen LogP contribution in [-0.2, 0) is 0 Å². The molecule has 4 nitrogen and oxygen atoms in total. The van der Waals surface area contributed by atoms with Crippen LogP contribution < -0.4 is 5.32 Å². The number of nitrogens with zero attached hydrogens (tertiary/aromatic N) is 1. The zero-order valence-corrected chi connectivity index (χ0v) is 11.9. The van der Waals surface area contributed by atoms with Crippen LogP contribution in [0.2, 0.25) is 0 Å². The molecule has 1 atom stereocenters. The fraction of sp³-hybridized carbons (Fsp3) is 0.143. The van der Waals surface area contributed by atoms with Crippen LogP contribution in [0, 0.1) is 10.1 Å². The second-order valence-corrected chi connectivity index (χ2v) is 5.14. The number of non-ortho nitro benzene ring substituents is 1. The fourth-order valence-electron chi connectivity index (χ4n) is 1.76. The van der Waals surface area contributed by atoms with Gasteiger partial charge in [0.05, 0.1) is 4.92 Å². The average Bonchev–Trinajstić information content (AvgIpc) is 2.40. The molecule has 2 aromatic rings. The number of hydrogen-bond donors (Lipinski definition) is 1. The minimum Gasteiger partial charge on any atom is -0.379 e. The van der Waals surface area contributed by atoms with Crippen molar-refractivity contribution >= 4 is 27.3 Å². The van der Waals surface area contributed by atoms with E-state index in [-0.39, 0.29) is 11.7 Å². The monoisotopic (exact) mass is 320 g/mol. The van der Waals surface area contributed by atoms with E-state index in [1.807, 2.05) is 31.2 Å². The quantitative estimate of drug-likeness (QED) is 0.665. The Morgan fingerprint density at radius 3 is 2.21 bits per heavy atom. The fourth-order valence-corrected chi connectivity index (χ4v) is 2.03. The predicted molar refractivity (Wildman–Crippen MR) is 79.3 cm³/mol. The summed E-state index contributed by atoms with van der Waals surface area (Å²) in [6, 6.07) is 14.6. The summed E-state index contributed by atoms with van der Waals surface area (Å²) in [5.41, 5.74) is 2.12. The van der Waals surface area contributed by atoms with Gasteiger partial charge >= 0.3 is 0 Å². The van der Waals surface area contributed by atoms with E-state index in [4.69, 9.17) is 0 Å². The highest BCUT2D eigenvalue weighted by molar-refractivity contribution is 9.10. The van der Waals surface area contributed by atoms with E-state index >= 15 is 0 Å². The summed E-state index contributed by atoms with van der Waals surface area (Å²) < 4.78 is 1.04. The second-order valence-electron chi connectivity index (χ2n) is 4.22. The van der Waals surface area contributed by atoms with Crippen molar-refractivity contribution in [2.45, 2.75) is 13.0 Å². The van der Waals surface area contributed by atoms with Crippen molar-refractivity contribution in [3.05, 3.63) is 68.7 Å². The summed E-state index contributed by atoms with van der Waals surface area (Å²) in [7, 11) is 0. The molecule has 0 heterocycles. The molecule has 0 radical (unpaired) electrons.